The van der Waals surface area contributed by atoms with Gasteiger partial charge in [0.15, 0.2) is 0 Å². The number of carbonyl (C=O) groups excluding carboxylic acids is 1. The third kappa shape index (κ3) is 4.07. The molecule has 2 atom stereocenters. The van der Waals surface area contributed by atoms with Gasteiger partial charge < -0.3 is 14.8 Å². The highest BCUT2D eigenvalue weighted by molar-refractivity contribution is 5.70. The van der Waals surface area contributed by atoms with Gasteiger partial charge in [-0.2, -0.15) is 0 Å². The quantitative estimate of drug-likeness (QED) is 0.680. The Bertz CT molecular complexity index is 178. The van der Waals surface area contributed by atoms with E-state index in [1.165, 1.54) is 0 Å². The Kier molecular flexibility index (Phi) is 4.90. The van der Waals surface area contributed by atoms with Crippen LogP contribution in [0.5, 0.6) is 0 Å². The van der Waals surface area contributed by atoms with Gasteiger partial charge in [-0.15, -0.1) is 0 Å². The Morgan fingerprint density at radius 1 is 1.71 bits per heavy atom. The van der Waals surface area contributed by atoms with Gasteiger partial charge in [0.1, 0.15) is 0 Å². The van der Waals surface area contributed by atoms with E-state index >= 15 is 0 Å². The molecule has 0 spiro atoms. The Balaban J connectivity index is 2.18. The second-order valence-electron chi connectivity index (χ2n) is 3.61. The summed E-state index contributed by atoms with van der Waals surface area (Å²) in [4.78, 5) is 11.4. The number of morpholine rings is 1. The molecule has 4 nitrogen and oxygen atoms in total. The topological polar surface area (TPSA) is 47.6 Å². The number of carbonyl (C=O) groups is 1. The number of hydrogen-bond donors (Lipinski definition) is 1. The van der Waals surface area contributed by atoms with E-state index in [4.69, 9.17) is 9.47 Å². The van der Waals surface area contributed by atoms with Crippen molar-refractivity contribution in [2.75, 3.05) is 19.7 Å². The molecule has 0 radical (unpaired) electrons. The Morgan fingerprint density at radius 2 is 2.50 bits per heavy atom. The summed E-state index contributed by atoms with van der Waals surface area (Å²) in [5.41, 5.74) is 0. The molecule has 0 aromatic carbocycles. The molecular formula is C10H19NO3. The highest BCUT2D eigenvalue weighted by Crippen LogP contribution is 2.05. The summed E-state index contributed by atoms with van der Waals surface area (Å²) in [6.07, 6.45) is 1.21. The van der Waals surface area contributed by atoms with Crippen LogP contribution in [0.15, 0.2) is 0 Å². The summed E-state index contributed by atoms with van der Waals surface area (Å²) in [7, 11) is 0. The molecular weight excluding hydrogens is 182 g/mol. The van der Waals surface area contributed by atoms with Crippen LogP contribution in [0.3, 0.4) is 0 Å². The molecule has 0 aliphatic carbocycles. The Hall–Kier alpha value is -0.610. The summed E-state index contributed by atoms with van der Waals surface area (Å²) >= 11 is 0. The molecule has 1 saturated heterocycles. The van der Waals surface area contributed by atoms with Crippen molar-refractivity contribution in [1.29, 1.82) is 0 Å². The maximum Gasteiger partial charge on any atom is 0.308 e. The van der Waals surface area contributed by atoms with E-state index in [1.54, 1.807) is 0 Å². The Labute approximate surface area is 85.0 Å². The number of esters is 1. The Morgan fingerprint density at radius 3 is 3.07 bits per heavy atom. The maximum atomic E-state index is 11.4. The van der Waals surface area contributed by atoms with Gasteiger partial charge in [-0.25, -0.2) is 0 Å². The first kappa shape index (κ1) is 11.5. The lowest BCUT2D eigenvalue weighted by Gasteiger charge is -2.23. The van der Waals surface area contributed by atoms with Gasteiger partial charge >= 0.3 is 5.97 Å². The van der Waals surface area contributed by atoms with Crippen LogP contribution in [0.25, 0.3) is 0 Å². The van der Waals surface area contributed by atoms with Gasteiger partial charge in [-0.3, -0.25) is 4.79 Å². The molecule has 0 saturated carbocycles. The zero-order valence-electron chi connectivity index (χ0n) is 8.91. The number of hydrogen-bond acceptors (Lipinski definition) is 4. The highest BCUT2D eigenvalue weighted by Gasteiger charge is 2.19. The standard InChI is InChI=1S/C10H19NO3/c1-3-8(2)14-10(12)6-9-7-11-4-5-13-9/h8-9,11H,3-7H2,1-2H3. The first-order valence-electron chi connectivity index (χ1n) is 5.24. The minimum absolute atomic E-state index is 0.0130. The molecule has 1 fully saturated rings. The number of ether oxygens (including phenoxy) is 2. The fourth-order valence-electron chi connectivity index (χ4n) is 1.29. The van der Waals surface area contributed by atoms with Gasteiger partial charge in [0, 0.05) is 13.1 Å². The van der Waals surface area contributed by atoms with E-state index in [9.17, 15) is 4.79 Å². The smallest absolute Gasteiger partial charge is 0.308 e. The molecule has 1 heterocycles. The van der Waals surface area contributed by atoms with E-state index in [0.29, 0.717) is 13.0 Å². The summed E-state index contributed by atoms with van der Waals surface area (Å²) < 4.78 is 10.6. The average molecular weight is 201 g/mol. The van der Waals surface area contributed by atoms with Crippen LogP contribution in [0.1, 0.15) is 26.7 Å². The fourth-order valence-corrected chi connectivity index (χ4v) is 1.29. The van der Waals surface area contributed by atoms with Gasteiger partial charge in [-0.1, -0.05) is 6.92 Å². The minimum atomic E-state index is -0.159. The van der Waals surface area contributed by atoms with Crippen molar-refractivity contribution in [3.8, 4) is 0 Å². The SMILES string of the molecule is CCC(C)OC(=O)CC1CNCCO1. The molecule has 2 unspecified atom stereocenters. The lowest BCUT2D eigenvalue weighted by Crippen LogP contribution is -2.40. The largest absolute Gasteiger partial charge is 0.463 e. The summed E-state index contributed by atoms with van der Waals surface area (Å²) in [5, 5.41) is 3.17. The van der Waals surface area contributed by atoms with Crippen LogP contribution in [0.4, 0.5) is 0 Å². The zero-order chi connectivity index (χ0) is 10.4. The van der Waals surface area contributed by atoms with Crippen molar-refractivity contribution in [3.05, 3.63) is 0 Å². The van der Waals surface area contributed by atoms with E-state index in [0.717, 1.165) is 19.5 Å². The molecule has 0 aromatic heterocycles. The summed E-state index contributed by atoms with van der Waals surface area (Å²) in [6.45, 7) is 6.20. The normalized spacial score (nSPS) is 24.3. The molecule has 1 aliphatic rings. The fraction of sp³-hybridized carbons (Fsp3) is 0.900. The van der Waals surface area contributed by atoms with E-state index in [-0.39, 0.29) is 18.2 Å². The third-order valence-electron chi connectivity index (χ3n) is 2.31. The van der Waals surface area contributed by atoms with E-state index < -0.39 is 0 Å². The van der Waals surface area contributed by atoms with Crippen LogP contribution in [-0.2, 0) is 14.3 Å². The average Bonchev–Trinajstić information content (AvgIpc) is 2.19. The summed E-state index contributed by atoms with van der Waals surface area (Å²) in [6, 6.07) is 0. The summed E-state index contributed by atoms with van der Waals surface area (Å²) in [5.74, 6) is -0.159. The maximum absolute atomic E-state index is 11.4. The van der Waals surface area contributed by atoms with Crippen molar-refractivity contribution in [1.82, 2.24) is 5.32 Å². The molecule has 1 rings (SSSR count). The monoisotopic (exact) mass is 201 g/mol. The lowest BCUT2D eigenvalue weighted by molar-refractivity contribution is -0.152. The van der Waals surface area contributed by atoms with Gasteiger partial charge in [-0.05, 0) is 13.3 Å². The van der Waals surface area contributed by atoms with Crippen molar-refractivity contribution < 1.29 is 14.3 Å². The molecule has 1 N–H and O–H groups in total. The third-order valence-corrected chi connectivity index (χ3v) is 2.31. The van der Waals surface area contributed by atoms with Gasteiger partial charge in [0.05, 0.1) is 25.2 Å². The van der Waals surface area contributed by atoms with Crippen LogP contribution < -0.4 is 5.32 Å². The molecule has 82 valence electrons. The second kappa shape index (κ2) is 5.98. The lowest BCUT2D eigenvalue weighted by atomic mass is 10.2. The molecule has 4 heteroatoms. The van der Waals surface area contributed by atoms with Crippen molar-refractivity contribution in [3.63, 3.8) is 0 Å². The van der Waals surface area contributed by atoms with E-state index in [2.05, 4.69) is 5.32 Å². The van der Waals surface area contributed by atoms with Crippen LogP contribution in [-0.4, -0.2) is 37.9 Å². The second-order valence-corrected chi connectivity index (χ2v) is 3.61. The van der Waals surface area contributed by atoms with Crippen LogP contribution in [0, 0.1) is 0 Å². The number of rotatable bonds is 4. The molecule has 0 amide bonds. The predicted molar refractivity (Wildman–Crippen MR) is 53.1 cm³/mol. The molecule has 14 heavy (non-hydrogen) atoms. The zero-order valence-corrected chi connectivity index (χ0v) is 8.91. The minimum Gasteiger partial charge on any atom is -0.463 e. The molecule has 1 aliphatic heterocycles. The van der Waals surface area contributed by atoms with Crippen molar-refractivity contribution >= 4 is 5.97 Å². The first-order chi connectivity index (χ1) is 6.72. The van der Waals surface area contributed by atoms with Gasteiger partial charge in [0.25, 0.3) is 0 Å². The van der Waals surface area contributed by atoms with E-state index in [1.807, 2.05) is 13.8 Å². The molecule has 0 aromatic rings. The van der Waals surface area contributed by atoms with Crippen LogP contribution in [0.2, 0.25) is 0 Å². The van der Waals surface area contributed by atoms with Crippen molar-refractivity contribution in [2.24, 2.45) is 0 Å². The van der Waals surface area contributed by atoms with Gasteiger partial charge in [0.2, 0.25) is 0 Å². The van der Waals surface area contributed by atoms with Crippen molar-refractivity contribution in [2.45, 2.75) is 38.9 Å². The predicted octanol–water partition coefficient (Wildman–Crippen LogP) is 0.707. The van der Waals surface area contributed by atoms with Crippen LogP contribution >= 0.6 is 0 Å². The first-order valence-corrected chi connectivity index (χ1v) is 5.24. The molecule has 0 bridgehead atoms. The highest BCUT2D eigenvalue weighted by atomic mass is 16.5. The number of nitrogens with one attached hydrogen (secondary N) is 1.